The van der Waals surface area contributed by atoms with Gasteiger partial charge in [-0.1, -0.05) is 34.6 Å². The number of rotatable bonds is 6. The molecule has 0 aromatic carbocycles. The minimum Gasteiger partial charge on any atom is -0.342 e. The van der Waals surface area contributed by atoms with Gasteiger partial charge in [-0.3, -0.25) is 4.79 Å². The van der Waals surface area contributed by atoms with Crippen LogP contribution in [-0.2, 0) is 4.79 Å². The molecule has 0 aromatic rings. The van der Waals surface area contributed by atoms with E-state index in [1.807, 2.05) is 0 Å². The molecule has 0 N–H and O–H groups in total. The molecule has 1 saturated carbocycles. The molecule has 1 fully saturated rings. The summed E-state index contributed by atoms with van der Waals surface area (Å²) in [7, 11) is 0. The zero-order valence-corrected chi connectivity index (χ0v) is 13.0. The van der Waals surface area contributed by atoms with Gasteiger partial charge in [-0.2, -0.15) is 0 Å². The predicted molar refractivity (Wildman–Crippen MR) is 77.4 cm³/mol. The van der Waals surface area contributed by atoms with Crippen LogP contribution in [0.25, 0.3) is 0 Å². The molecule has 0 spiro atoms. The summed E-state index contributed by atoms with van der Waals surface area (Å²) < 4.78 is 0. The van der Waals surface area contributed by atoms with Gasteiger partial charge in [0.1, 0.15) is 0 Å². The normalized spacial score (nSPS) is 27.8. The van der Waals surface area contributed by atoms with Crippen LogP contribution in [0.2, 0.25) is 0 Å². The van der Waals surface area contributed by atoms with E-state index in [0.29, 0.717) is 11.8 Å². The molecule has 18 heavy (non-hydrogen) atoms. The standard InChI is InChI=1S/C16H31NO/c1-6-10-17(11-7-2)15(18)16(5)9-8-14(12-16)13(3)4/h13-14H,6-12H2,1-5H3. The molecule has 1 amide bonds. The Morgan fingerprint density at radius 2 is 1.83 bits per heavy atom. The van der Waals surface area contributed by atoms with Crippen molar-refractivity contribution < 1.29 is 4.79 Å². The molecule has 1 rings (SSSR count). The molecular weight excluding hydrogens is 222 g/mol. The van der Waals surface area contributed by atoms with Crippen LogP contribution in [0.3, 0.4) is 0 Å². The van der Waals surface area contributed by atoms with E-state index in [0.717, 1.165) is 44.7 Å². The summed E-state index contributed by atoms with van der Waals surface area (Å²) in [6.07, 6.45) is 5.53. The third kappa shape index (κ3) is 3.49. The second-order valence-corrected chi connectivity index (χ2v) is 6.60. The van der Waals surface area contributed by atoms with E-state index >= 15 is 0 Å². The highest BCUT2D eigenvalue weighted by Crippen LogP contribution is 2.45. The Bertz CT molecular complexity index is 268. The maximum atomic E-state index is 12.7. The first-order valence-corrected chi connectivity index (χ1v) is 7.74. The number of hydrogen-bond donors (Lipinski definition) is 0. The lowest BCUT2D eigenvalue weighted by molar-refractivity contribution is -0.141. The van der Waals surface area contributed by atoms with E-state index in [-0.39, 0.29) is 5.41 Å². The first-order valence-electron chi connectivity index (χ1n) is 7.74. The Labute approximate surface area is 113 Å². The molecule has 1 aliphatic rings. The first-order chi connectivity index (χ1) is 8.44. The Hall–Kier alpha value is -0.530. The lowest BCUT2D eigenvalue weighted by atomic mass is 9.83. The van der Waals surface area contributed by atoms with Gasteiger partial charge >= 0.3 is 0 Å². The molecule has 1 aliphatic carbocycles. The van der Waals surface area contributed by atoms with Crippen LogP contribution >= 0.6 is 0 Å². The molecule has 2 unspecified atom stereocenters. The van der Waals surface area contributed by atoms with Gasteiger partial charge in [0.25, 0.3) is 0 Å². The number of amides is 1. The van der Waals surface area contributed by atoms with E-state index in [1.54, 1.807) is 0 Å². The SMILES string of the molecule is CCCN(CCC)C(=O)C1(C)CCC(C(C)C)C1. The Balaban J connectivity index is 2.69. The van der Waals surface area contributed by atoms with Gasteiger partial charge < -0.3 is 4.90 Å². The van der Waals surface area contributed by atoms with E-state index in [9.17, 15) is 4.79 Å². The molecular formula is C16H31NO. The average Bonchev–Trinajstić information content (AvgIpc) is 2.72. The predicted octanol–water partition coefficient (Wildman–Crippen LogP) is 4.10. The van der Waals surface area contributed by atoms with Gasteiger partial charge in [0.2, 0.25) is 5.91 Å². The first kappa shape index (κ1) is 15.5. The van der Waals surface area contributed by atoms with Crippen molar-refractivity contribution in [3.05, 3.63) is 0 Å². The minimum absolute atomic E-state index is 0.0841. The van der Waals surface area contributed by atoms with Gasteiger partial charge in [-0.25, -0.2) is 0 Å². The lowest BCUT2D eigenvalue weighted by Gasteiger charge is -2.32. The summed E-state index contributed by atoms with van der Waals surface area (Å²) in [5.41, 5.74) is -0.0841. The van der Waals surface area contributed by atoms with Crippen molar-refractivity contribution in [1.82, 2.24) is 4.90 Å². The topological polar surface area (TPSA) is 20.3 Å². The summed E-state index contributed by atoms with van der Waals surface area (Å²) in [5.74, 6) is 1.86. The van der Waals surface area contributed by atoms with Crippen LogP contribution in [-0.4, -0.2) is 23.9 Å². The van der Waals surface area contributed by atoms with Crippen LogP contribution in [0.15, 0.2) is 0 Å². The second-order valence-electron chi connectivity index (χ2n) is 6.60. The molecule has 0 aliphatic heterocycles. The summed E-state index contributed by atoms with van der Waals surface area (Å²) in [6.45, 7) is 12.9. The van der Waals surface area contributed by atoms with Crippen molar-refractivity contribution in [1.29, 1.82) is 0 Å². The molecule has 0 heterocycles. The molecule has 0 aromatic heterocycles. The zero-order chi connectivity index (χ0) is 13.8. The van der Waals surface area contributed by atoms with Gasteiger partial charge in [0.15, 0.2) is 0 Å². The Kier molecular flexibility index (Phi) is 5.68. The van der Waals surface area contributed by atoms with Crippen molar-refractivity contribution in [2.45, 2.75) is 66.7 Å². The van der Waals surface area contributed by atoms with E-state index < -0.39 is 0 Å². The van der Waals surface area contributed by atoms with Gasteiger partial charge in [0, 0.05) is 18.5 Å². The third-order valence-corrected chi connectivity index (χ3v) is 4.51. The average molecular weight is 253 g/mol. The van der Waals surface area contributed by atoms with E-state index in [2.05, 4.69) is 39.5 Å². The van der Waals surface area contributed by atoms with Crippen LogP contribution in [0.1, 0.15) is 66.7 Å². The van der Waals surface area contributed by atoms with Crippen molar-refractivity contribution in [2.75, 3.05) is 13.1 Å². The summed E-state index contributed by atoms with van der Waals surface area (Å²) in [4.78, 5) is 14.8. The summed E-state index contributed by atoms with van der Waals surface area (Å²) >= 11 is 0. The largest absolute Gasteiger partial charge is 0.342 e. The Morgan fingerprint density at radius 1 is 1.28 bits per heavy atom. The molecule has 0 saturated heterocycles. The van der Waals surface area contributed by atoms with Crippen molar-refractivity contribution in [2.24, 2.45) is 17.3 Å². The van der Waals surface area contributed by atoms with Crippen LogP contribution in [0, 0.1) is 17.3 Å². The van der Waals surface area contributed by atoms with Gasteiger partial charge in [-0.15, -0.1) is 0 Å². The monoisotopic (exact) mass is 253 g/mol. The molecule has 2 nitrogen and oxygen atoms in total. The number of carbonyl (C=O) groups excluding carboxylic acids is 1. The molecule has 2 atom stereocenters. The Morgan fingerprint density at radius 3 is 2.22 bits per heavy atom. The van der Waals surface area contributed by atoms with Crippen molar-refractivity contribution >= 4 is 5.91 Å². The van der Waals surface area contributed by atoms with Crippen LogP contribution in [0.5, 0.6) is 0 Å². The quantitative estimate of drug-likeness (QED) is 0.698. The van der Waals surface area contributed by atoms with Crippen molar-refractivity contribution in [3.8, 4) is 0 Å². The lowest BCUT2D eigenvalue weighted by Crippen LogP contribution is -2.42. The fraction of sp³-hybridized carbons (Fsp3) is 0.938. The molecule has 0 bridgehead atoms. The minimum atomic E-state index is -0.0841. The molecule has 2 heteroatoms. The van der Waals surface area contributed by atoms with E-state index in [1.165, 1.54) is 6.42 Å². The number of nitrogens with zero attached hydrogens (tertiary/aromatic N) is 1. The van der Waals surface area contributed by atoms with Crippen LogP contribution < -0.4 is 0 Å². The number of carbonyl (C=O) groups is 1. The van der Waals surface area contributed by atoms with Gasteiger partial charge in [0.05, 0.1) is 0 Å². The van der Waals surface area contributed by atoms with E-state index in [4.69, 9.17) is 0 Å². The highest BCUT2D eigenvalue weighted by molar-refractivity contribution is 5.82. The fourth-order valence-corrected chi connectivity index (χ4v) is 3.29. The third-order valence-electron chi connectivity index (χ3n) is 4.51. The number of hydrogen-bond acceptors (Lipinski definition) is 1. The maximum absolute atomic E-state index is 12.7. The molecule has 0 radical (unpaired) electrons. The fourth-order valence-electron chi connectivity index (χ4n) is 3.29. The molecule has 106 valence electrons. The van der Waals surface area contributed by atoms with Crippen molar-refractivity contribution in [3.63, 3.8) is 0 Å². The van der Waals surface area contributed by atoms with Crippen LogP contribution in [0.4, 0.5) is 0 Å². The highest BCUT2D eigenvalue weighted by atomic mass is 16.2. The summed E-state index contributed by atoms with van der Waals surface area (Å²) in [5, 5.41) is 0. The smallest absolute Gasteiger partial charge is 0.228 e. The highest BCUT2D eigenvalue weighted by Gasteiger charge is 2.43. The zero-order valence-electron chi connectivity index (χ0n) is 13.0. The second kappa shape index (κ2) is 6.58. The summed E-state index contributed by atoms with van der Waals surface area (Å²) in [6, 6.07) is 0. The van der Waals surface area contributed by atoms with Gasteiger partial charge in [-0.05, 0) is 43.9 Å². The maximum Gasteiger partial charge on any atom is 0.228 e.